The zero-order chi connectivity index (χ0) is 18.0. The highest BCUT2D eigenvalue weighted by Crippen LogP contribution is 2.25. The standard InChI is InChI=1S/C21H37N5/c1-2-3-14-19-24-20(22-15-17-10-6-4-7-11-17)26-21(25-19)23-16-18-12-8-5-9-13-18/h17-18H,2-16H2,1H3,(H2,22,23,24,25,26). The number of aromatic nitrogens is 3. The van der Waals surface area contributed by atoms with Gasteiger partial charge in [0.15, 0.2) is 0 Å². The molecule has 0 unspecified atom stereocenters. The Morgan fingerprint density at radius 1 is 0.731 bits per heavy atom. The van der Waals surface area contributed by atoms with E-state index in [0.29, 0.717) is 0 Å². The van der Waals surface area contributed by atoms with Gasteiger partial charge in [0.25, 0.3) is 0 Å². The van der Waals surface area contributed by atoms with Gasteiger partial charge in [-0.1, -0.05) is 51.9 Å². The summed E-state index contributed by atoms with van der Waals surface area (Å²) in [6.45, 7) is 4.21. The molecule has 2 saturated carbocycles. The predicted octanol–water partition coefficient (Wildman–Crippen LogP) is 5.20. The number of rotatable bonds is 9. The fourth-order valence-electron chi connectivity index (χ4n) is 4.28. The Morgan fingerprint density at radius 3 is 1.69 bits per heavy atom. The first kappa shape index (κ1) is 19.4. The van der Waals surface area contributed by atoms with Crippen molar-refractivity contribution in [2.75, 3.05) is 23.7 Å². The van der Waals surface area contributed by atoms with E-state index in [9.17, 15) is 0 Å². The van der Waals surface area contributed by atoms with Gasteiger partial charge in [0.05, 0.1) is 0 Å². The largest absolute Gasteiger partial charge is 0.354 e. The van der Waals surface area contributed by atoms with Crippen LogP contribution in [0.2, 0.25) is 0 Å². The molecule has 2 N–H and O–H groups in total. The zero-order valence-corrected chi connectivity index (χ0v) is 16.6. The van der Waals surface area contributed by atoms with Crippen LogP contribution in [0.1, 0.15) is 89.8 Å². The molecule has 0 atom stereocenters. The minimum atomic E-state index is 0.767. The van der Waals surface area contributed by atoms with Crippen molar-refractivity contribution in [3.8, 4) is 0 Å². The van der Waals surface area contributed by atoms with Crippen LogP contribution in [0.15, 0.2) is 0 Å². The molecule has 2 aliphatic carbocycles. The molecule has 5 heteroatoms. The van der Waals surface area contributed by atoms with Crippen LogP contribution in [0.4, 0.5) is 11.9 Å². The normalized spacial score (nSPS) is 19.4. The van der Waals surface area contributed by atoms with Gasteiger partial charge in [-0.2, -0.15) is 15.0 Å². The summed E-state index contributed by atoms with van der Waals surface area (Å²) in [5.74, 6) is 4.02. The molecule has 1 aromatic rings. The van der Waals surface area contributed by atoms with Crippen LogP contribution in [0.5, 0.6) is 0 Å². The summed E-state index contributed by atoms with van der Waals surface area (Å²) >= 11 is 0. The minimum absolute atomic E-state index is 0.767. The Labute approximate surface area is 159 Å². The molecule has 0 aromatic carbocycles. The quantitative estimate of drug-likeness (QED) is 0.634. The van der Waals surface area contributed by atoms with Crippen LogP contribution in [-0.4, -0.2) is 28.0 Å². The fourth-order valence-corrected chi connectivity index (χ4v) is 4.28. The lowest BCUT2D eigenvalue weighted by Crippen LogP contribution is -2.21. The Hall–Kier alpha value is -1.39. The van der Waals surface area contributed by atoms with Crippen LogP contribution in [-0.2, 0) is 6.42 Å². The van der Waals surface area contributed by atoms with E-state index >= 15 is 0 Å². The second-order valence-electron chi connectivity index (χ2n) is 8.27. The first-order valence-electron chi connectivity index (χ1n) is 11.1. The van der Waals surface area contributed by atoms with Gasteiger partial charge < -0.3 is 10.6 Å². The molecule has 0 bridgehead atoms. The molecule has 26 heavy (non-hydrogen) atoms. The van der Waals surface area contributed by atoms with Gasteiger partial charge in [-0.05, 0) is 43.9 Å². The molecule has 0 spiro atoms. The van der Waals surface area contributed by atoms with Crippen LogP contribution in [0.25, 0.3) is 0 Å². The van der Waals surface area contributed by atoms with E-state index in [1.165, 1.54) is 70.6 Å². The molecule has 0 amide bonds. The molecule has 0 saturated heterocycles. The second kappa shape index (κ2) is 10.7. The average molecular weight is 360 g/mol. The molecule has 0 radical (unpaired) electrons. The SMILES string of the molecule is CCCCc1nc(NCC2CCCCC2)nc(NCC2CCCCC2)n1. The number of hydrogen-bond acceptors (Lipinski definition) is 5. The third-order valence-electron chi connectivity index (χ3n) is 5.98. The van der Waals surface area contributed by atoms with Crippen molar-refractivity contribution in [3.63, 3.8) is 0 Å². The molecule has 2 fully saturated rings. The third-order valence-corrected chi connectivity index (χ3v) is 5.98. The Balaban J connectivity index is 1.58. The van der Waals surface area contributed by atoms with Crippen molar-refractivity contribution < 1.29 is 0 Å². The molecule has 0 aliphatic heterocycles. The number of unbranched alkanes of at least 4 members (excludes halogenated alkanes) is 1. The van der Waals surface area contributed by atoms with E-state index in [1.54, 1.807) is 0 Å². The summed E-state index contributed by atoms with van der Waals surface area (Å²) in [5, 5.41) is 7.01. The third kappa shape index (κ3) is 6.40. The van der Waals surface area contributed by atoms with Gasteiger partial charge in [0, 0.05) is 19.5 Å². The van der Waals surface area contributed by atoms with Crippen molar-refractivity contribution in [1.29, 1.82) is 0 Å². The summed E-state index contributed by atoms with van der Waals surface area (Å²) in [6.07, 6.45) is 16.9. The monoisotopic (exact) mass is 359 g/mol. The van der Waals surface area contributed by atoms with Crippen molar-refractivity contribution in [2.24, 2.45) is 11.8 Å². The van der Waals surface area contributed by atoms with Gasteiger partial charge in [0.2, 0.25) is 11.9 Å². The maximum absolute atomic E-state index is 4.68. The average Bonchev–Trinajstić information content (AvgIpc) is 2.71. The zero-order valence-electron chi connectivity index (χ0n) is 16.6. The first-order valence-corrected chi connectivity index (χ1v) is 11.1. The molecule has 2 aliphatic rings. The van der Waals surface area contributed by atoms with E-state index in [1.807, 2.05) is 0 Å². The Morgan fingerprint density at radius 2 is 1.23 bits per heavy atom. The molecule has 5 nitrogen and oxygen atoms in total. The molecule has 146 valence electrons. The molecule has 1 aromatic heterocycles. The number of aryl methyl sites for hydroxylation is 1. The fraction of sp³-hybridized carbons (Fsp3) is 0.857. The van der Waals surface area contributed by atoms with Crippen molar-refractivity contribution >= 4 is 11.9 Å². The summed E-state index contributed by atoms with van der Waals surface area (Å²) in [4.78, 5) is 14.0. The van der Waals surface area contributed by atoms with Crippen molar-refractivity contribution in [1.82, 2.24) is 15.0 Å². The van der Waals surface area contributed by atoms with Gasteiger partial charge in [-0.3, -0.25) is 0 Å². The molecular formula is C21H37N5. The number of nitrogens with zero attached hydrogens (tertiary/aromatic N) is 3. The van der Waals surface area contributed by atoms with E-state index in [4.69, 9.17) is 0 Å². The van der Waals surface area contributed by atoms with E-state index in [2.05, 4.69) is 32.5 Å². The highest BCUT2D eigenvalue weighted by atomic mass is 15.2. The van der Waals surface area contributed by atoms with Gasteiger partial charge in [-0.15, -0.1) is 0 Å². The summed E-state index contributed by atoms with van der Waals surface area (Å²) in [5.41, 5.74) is 0. The smallest absolute Gasteiger partial charge is 0.227 e. The van der Waals surface area contributed by atoms with E-state index < -0.39 is 0 Å². The maximum Gasteiger partial charge on any atom is 0.227 e. The van der Waals surface area contributed by atoms with Gasteiger partial charge in [-0.25, -0.2) is 0 Å². The first-order chi connectivity index (χ1) is 12.8. The minimum Gasteiger partial charge on any atom is -0.354 e. The van der Waals surface area contributed by atoms with Gasteiger partial charge in [0.1, 0.15) is 5.82 Å². The number of anilines is 2. The van der Waals surface area contributed by atoms with Crippen LogP contribution in [0, 0.1) is 11.8 Å². The molecular weight excluding hydrogens is 322 g/mol. The Kier molecular flexibility index (Phi) is 7.96. The maximum atomic E-state index is 4.68. The van der Waals surface area contributed by atoms with E-state index in [-0.39, 0.29) is 0 Å². The van der Waals surface area contributed by atoms with E-state index in [0.717, 1.165) is 55.5 Å². The Bertz CT molecular complexity index is 481. The lowest BCUT2D eigenvalue weighted by molar-refractivity contribution is 0.372. The van der Waals surface area contributed by atoms with Crippen LogP contribution < -0.4 is 10.6 Å². The number of hydrogen-bond donors (Lipinski definition) is 2. The number of nitrogens with one attached hydrogen (secondary N) is 2. The summed E-state index contributed by atoms with van der Waals surface area (Å²) in [6, 6.07) is 0. The van der Waals surface area contributed by atoms with Crippen LogP contribution >= 0.6 is 0 Å². The molecule has 1 heterocycles. The highest BCUT2D eigenvalue weighted by Gasteiger charge is 2.16. The van der Waals surface area contributed by atoms with Gasteiger partial charge >= 0.3 is 0 Å². The van der Waals surface area contributed by atoms with Crippen LogP contribution in [0.3, 0.4) is 0 Å². The summed E-state index contributed by atoms with van der Waals surface area (Å²) < 4.78 is 0. The molecule has 3 rings (SSSR count). The topological polar surface area (TPSA) is 62.7 Å². The predicted molar refractivity (Wildman–Crippen MR) is 109 cm³/mol. The highest BCUT2D eigenvalue weighted by molar-refractivity contribution is 5.34. The lowest BCUT2D eigenvalue weighted by atomic mass is 9.89. The lowest BCUT2D eigenvalue weighted by Gasteiger charge is -2.23. The second-order valence-corrected chi connectivity index (χ2v) is 8.27. The van der Waals surface area contributed by atoms with Crippen molar-refractivity contribution in [3.05, 3.63) is 5.82 Å². The van der Waals surface area contributed by atoms with Crippen molar-refractivity contribution in [2.45, 2.75) is 90.4 Å². The summed E-state index contributed by atoms with van der Waals surface area (Å²) in [7, 11) is 0.